The van der Waals surface area contributed by atoms with Crippen molar-refractivity contribution in [3.63, 3.8) is 0 Å². The van der Waals surface area contributed by atoms with Gasteiger partial charge in [0, 0.05) is 24.4 Å². The maximum Gasteiger partial charge on any atom is 0.416 e. The average molecular weight is 445 g/mol. The molecule has 0 aromatic heterocycles. The zero-order valence-electron chi connectivity index (χ0n) is 15.2. The van der Waals surface area contributed by atoms with Crippen molar-refractivity contribution < 1.29 is 36.1 Å². The van der Waals surface area contributed by atoms with Crippen LogP contribution in [0.3, 0.4) is 0 Å². The number of nitro benzene ring substituents is 1. The fourth-order valence-electron chi connectivity index (χ4n) is 2.39. The number of hydrogen-bond acceptors (Lipinski definition) is 6. The fraction of sp³-hybridized carbons (Fsp3) is 0.176. The van der Waals surface area contributed by atoms with E-state index in [2.05, 4.69) is 10.6 Å². The fourth-order valence-corrected chi connectivity index (χ4v) is 3.69. The Hall–Kier alpha value is -3.48. The van der Waals surface area contributed by atoms with E-state index in [1.165, 1.54) is 31.2 Å². The first-order chi connectivity index (χ1) is 13.8. The van der Waals surface area contributed by atoms with Crippen LogP contribution in [0.5, 0.6) is 0 Å². The van der Waals surface area contributed by atoms with Crippen LogP contribution >= 0.6 is 0 Å². The second kappa shape index (κ2) is 8.49. The smallest absolute Gasteiger partial charge is 0.326 e. The lowest BCUT2D eigenvalue weighted by molar-refractivity contribution is -0.388. The Kier molecular flexibility index (Phi) is 6.45. The summed E-state index contributed by atoms with van der Waals surface area (Å²) in [5, 5.41) is 15.8. The van der Waals surface area contributed by atoms with Crippen molar-refractivity contribution in [1.82, 2.24) is 0 Å². The second-order valence-corrected chi connectivity index (χ2v) is 7.96. The minimum Gasteiger partial charge on any atom is -0.326 e. The number of hydrogen-bond donors (Lipinski definition) is 2. The molecular weight excluding hydrogens is 431 g/mol. The van der Waals surface area contributed by atoms with E-state index in [-0.39, 0.29) is 17.7 Å². The summed E-state index contributed by atoms with van der Waals surface area (Å²) >= 11 is 0. The van der Waals surface area contributed by atoms with Gasteiger partial charge in [-0.2, -0.15) is 13.2 Å². The van der Waals surface area contributed by atoms with Crippen LogP contribution in [0.1, 0.15) is 12.5 Å². The monoisotopic (exact) mass is 445 g/mol. The number of nitro groups is 1. The minimum atomic E-state index is -4.91. The van der Waals surface area contributed by atoms with Gasteiger partial charge in [-0.15, -0.1) is 0 Å². The van der Waals surface area contributed by atoms with Crippen molar-refractivity contribution in [2.45, 2.75) is 18.0 Å². The number of carbonyl (C=O) groups excluding carboxylic acids is 2. The predicted octanol–water partition coefficient (Wildman–Crippen LogP) is 2.98. The Morgan fingerprint density at radius 3 is 2.03 bits per heavy atom. The summed E-state index contributed by atoms with van der Waals surface area (Å²) in [5.74, 6) is -2.61. The molecule has 9 nitrogen and oxygen atoms in total. The van der Waals surface area contributed by atoms with E-state index in [1.54, 1.807) is 0 Å². The van der Waals surface area contributed by atoms with Crippen LogP contribution in [-0.2, 0) is 25.6 Å². The van der Waals surface area contributed by atoms with E-state index in [1.807, 2.05) is 0 Å². The third kappa shape index (κ3) is 5.76. The van der Waals surface area contributed by atoms with Crippen LogP contribution in [0.2, 0.25) is 0 Å². The molecule has 0 heterocycles. The molecule has 2 N–H and O–H groups in total. The van der Waals surface area contributed by atoms with Crippen LogP contribution in [-0.4, -0.2) is 30.9 Å². The highest BCUT2D eigenvalue weighted by atomic mass is 32.2. The van der Waals surface area contributed by atoms with Gasteiger partial charge in [-0.25, -0.2) is 8.42 Å². The van der Waals surface area contributed by atoms with E-state index >= 15 is 0 Å². The first-order valence-corrected chi connectivity index (χ1v) is 9.71. The number of sulfone groups is 1. The van der Waals surface area contributed by atoms with Crippen molar-refractivity contribution >= 4 is 38.7 Å². The highest BCUT2D eigenvalue weighted by Gasteiger charge is 2.35. The summed E-state index contributed by atoms with van der Waals surface area (Å²) in [6, 6.07) is 6.56. The molecule has 30 heavy (non-hydrogen) atoms. The largest absolute Gasteiger partial charge is 0.416 e. The quantitative estimate of drug-likeness (QED) is 0.518. The third-order valence-corrected chi connectivity index (χ3v) is 5.29. The van der Waals surface area contributed by atoms with E-state index in [0.717, 1.165) is 0 Å². The van der Waals surface area contributed by atoms with Crippen molar-refractivity contribution in [3.05, 3.63) is 58.1 Å². The zero-order valence-corrected chi connectivity index (χ0v) is 16.0. The molecule has 0 bridgehead atoms. The number of nitrogens with zero attached hydrogens (tertiary/aromatic N) is 1. The standard InChI is InChI=1S/C17H14F3N3O6S/c1-10(24)21-12-3-5-13(6-4-12)22-16(25)9-30(28,29)15-7-2-11(17(18,19)20)8-14(15)23(26)27/h2-8H,9H2,1H3,(H,21,24)(H,22,25). The van der Waals surface area contributed by atoms with Gasteiger partial charge in [0.05, 0.1) is 10.5 Å². The van der Waals surface area contributed by atoms with Gasteiger partial charge in [-0.3, -0.25) is 19.7 Å². The molecule has 0 aliphatic heterocycles. The summed E-state index contributed by atoms with van der Waals surface area (Å²) in [4.78, 5) is 31.8. The molecular formula is C17H14F3N3O6S. The number of halogens is 3. The molecule has 0 unspecified atom stereocenters. The lowest BCUT2D eigenvalue weighted by Crippen LogP contribution is -2.23. The van der Waals surface area contributed by atoms with Gasteiger partial charge >= 0.3 is 6.18 Å². The summed E-state index contributed by atoms with van der Waals surface area (Å²) < 4.78 is 63.1. The lowest BCUT2D eigenvalue weighted by atomic mass is 10.2. The molecule has 2 aromatic carbocycles. The zero-order chi connectivity index (χ0) is 22.7. The normalized spacial score (nSPS) is 11.6. The van der Waals surface area contributed by atoms with E-state index in [4.69, 9.17) is 0 Å². The van der Waals surface area contributed by atoms with Gasteiger partial charge < -0.3 is 10.6 Å². The topological polar surface area (TPSA) is 135 Å². The SMILES string of the molecule is CC(=O)Nc1ccc(NC(=O)CS(=O)(=O)c2ccc(C(F)(F)F)cc2[N+](=O)[O-])cc1. The maximum absolute atomic E-state index is 12.8. The van der Waals surface area contributed by atoms with Crippen molar-refractivity contribution in [2.75, 3.05) is 16.4 Å². The number of benzene rings is 2. The van der Waals surface area contributed by atoms with Crippen LogP contribution in [0, 0.1) is 10.1 Å². The highest BCUT2D eigenvalue weighted by molar-refractivity contribution is 7.92. The summed E-state index contributed by atoms with van der Waals surface area (Å²) in [5.41, 5.74) is -2.08. The Morgan fingerprint density at radius 2 is 1.57 bits per heavy atom. The van der Waals surface area contributed by atoms with Crippen LogP contribution in [0.15, 0.2) is 47.4 Å². The number of anilines is 2. The Bertz CT molecular complexity index is 1100. The molecule has 13 heteroatoms. The van der Waals surface area contributed by atoms with Gasteiger partial charge in [0.25, 0.3) is 5.69 Å². The van der Waals surface area contributed by atoms with E-state index < -0.39 is 48.7 Å². The molecule has 0 saturated carbocycles. The number of alkyl halides is 3. The molecule has 0 saturated heterocycles. The first kappa shape index (κ1) is 22.8. The highest BCUT2D eigenvalue weighted by Crippen LogP contribution is 2.34. The molecule has 0 fully saturated rings. The molecule has 0 atom stereocenters. The van der Waals surface area contributed by atoms with Gasteiger partial charge in [0.2, 0.25) is 11.8 Å². The average Bonchev–Trinajstić information content (AvgIpc) is 2.61. The molecule has 0 aliphatic rings. The molecule has 0 radical (unpaired) electrons. The molecule has 2 amide bonds. The Balaban J connectivity index is 2.22. The van der Waals surface area contributed by atoms with Crippen molar-refractivity contribution in [1.29, 1.82) is 0 Å². The number of amides is 2. The van der Waals surface area contributed by atoms with Gasteiger partial charge in [-0.1, -0.05) is 0 Å². The maximum atomic E-state index is 12.8. The predicted molar refractivity (Wildman–Crippen MR) is 99.5 cm³/mol. The van der Waals surface area contributed by atoms with Crippen LogP contribution in [0.25, 0.3) is 0 Å². The Labute approximate surface area is 168 Å². The van der Waals surface area contributed by atoms with Crippen LogP contribution in [0.4, 0.5) is 30.2 Å². The molecule has 2 aromatic rings. The van der Waals surface area contributed by atoms with E-state index in [9.17, 15) is 41.3 Å². The summed E-state index contributed by atoms with van der Waals surface area (Å²) in [6.07, 6.45) is -4.91. The van der Waals surface area contributed by atoms with Gasteiger partial charge in [-0.05, 0) is 36.4 Å². The van der Waals surface area contributed by atoms with Gasteiger partial charge in [0.1, 0.15) is 10.6 Å². The Morgan fingerprint density at radius 1 is 1.03 bits per heavy atom. The van der Waals surface area contributed by atoms with E-state index in [0.29, 0.717) is 17.8 Å². The number of carbonyl (C=O) groups is 2. The number of rotatable bonds is 6. The number of nitrogens with one attached hydrogen (secondary N) is 2. The van der Waals surface area contributed by atoms with Crippen molar-refractivity contribution in [3.8, 4) is 0 Å². The van der Waals surface area contributed by atoms with Crippen LogP contribution < -0.4 is 10.6 Å². The third-order valence-electron chi connectivity index (χ3n) is 3.63. The summed E-state index contributed by atoms with van der Waals surface area (Å²) in [7, 11) is -4.62. The second-order valence-electron chi connectivity index (χ2n) is 6.00. The first-order valence-electron chi connectivity index (χ1n) is 8.05. The molecule has 2 rings (SSSR count). The molecule has 0 aliphatic carbocycles. The summed E-state index contributed by atoms with van der Waals surface area (Å²) in [6.45, 7) is 1.29. The molecule has 160 valence electrons. The molecule has 0 spiro atoms. The van der Waals surface area contributed by atoms with Crippen molar-refractivity contribution in [2.24, 2.45) is 0 Å². The minimum absolute atomic E-state index is 0.103. The lowest BCUT2D eigenvalue weighted by Gasteiger charge is -2.10. The van der Waals surface area contributed by atoms with Gasteiger partial charge in [0.15, 0.2) is 9.84 Å².